The minimum atomic E-state index is -0.781. The van der Waals surface area contributed by atoms with Crippen molar-refractivity contribution in [3.63, 3.8) is 0 Å². The topological polar surface area (TPSA) is 111 Å². The summed E-state index contributed by atoms with van der Waals surface area (Å²) >= 11 is 0. The predicted octanol–water partition coefficient (Wildman–Crippen LogP) is 3.06. The van der Waals surface area contributed by atoms with Gasteiger partial charge in [0.1, 0.15) is 11.8 Å². The van der Waals surface area contributed by atoms with E-state index in [-0.39, 0.29) is 24.1 Å². The zero-order valence-corrected chi connectivity index (χ0v) is 16.7. The van der Waals surface area contributed by atoms with Crippen LogP contribution in [0.2, 0.25) is 0 Å². The van der Waals surface area contributed by atoms with Crippen molar-refractivity contribution in [3.8, 4) is 5.75 Å². The molecule has 2 rings (SSSR count). The summed E-state index contributed by atoms with van der Waals surface area (Å²) in [4.78, 5) is 35.8. The van der Waals surface area contributed by atoms with E-state index in [1.54, 1.807) is 42.5 Å². The smallest absolute Gasteiger partial charge is 0.274 e. The number of hydrogen-bond donors (Lipinski definition) is 2. The van der Waals surface area contributed by atoms with Crippen molar-refractivity contribution >= 4 is 17.5 Å². The lowest BCUT2D eigenvalue weighted by molar-refractivity contribution is -0.385. The molecule has 0 saturated carbocycles. The fraction of sp³-hybridized carbons (Fsp3) is 0.333. The maximum Gasteiger partial charge on any atom is 0.274 e. The molecule has 0 heterocycles. The summed E-state index contributed by atoms with van der Waals surface area (Å²) in [5, 5.41) is 16.5. The van der Waals surface area contributed by atoms with Gasteiger partial charge in [0.15, 0.2) is 0 Å². The number of nitro groups is 1. The number of nitrogens with one attached hydrogen (secondary N) is 2. The van der Waals surface area contributed by atoms with E-state index in [2.05, 4.69) is 10.6 Å². The average molecular weight is 399 g/mol. The Hall–Kier alpha value is -3.42. The van der Waals surface area contributed by atoms with E-state index in [1.807, 2.05) is 20.8 Å². The quantitative estimate of drug-likeness (QED) is 0.497. The van der Waals surface area contributed by atoms with Crippen molar-refractivity contribution < 1.29 is 19.2 Å². The van der Waals surface area contributed by atoms with Gasteiger partial charge in [0, 0.05) is 23.7 Å². The highest BCUT2D eigenvalue weighted by Crippen LogP contribution is 2.17. The van der Waals surface area contributed by atoms with Crippen molar-refractivity contribution in [1.29, 1.82) is 0 Å². The van der Waals surface area contributed by atoms with Crippen LogP contribution in [0.1, 0.15) is 36.7 Å². The molecule has 0 spiro atoms. The lowest BCUT2D eigenvalue weighted by Crippen LogP contribution is -2.49. The van der Waals surface area contributed by atoms with Crippen LogP contribution in [0, 0.1) is 16.0 Å². The maximum absolute atomic E-state index is 12.6. The molecule has 8 heteroatoms. The Kier molecular flexibility index (Phi) is 7.70. The van der Waals surface area contributed by atoms with E-state index in [9.17, 15) is 19.7 Å². The van der Waals surface area contributed by atoms with Gasteiger partial charge in [0.25, 0.3) is 11.6 Å². The van der Waals surface area contributed by atoms with Crippen LogP contribution < -0.4 is 15.4 Å². The summed E-state index contributed by atoms with van der Waals surface area (Å²) in [6.45, 7) is 6.02. The van der Waals surface area contributed by atoms with Gasteiger partial charge in [0.2, 0.25) is 5.91 Å². The van der Waals surface area contributed by atoms with Crippen molar-refractivity contribution in [2.75, 3.05) is 6.61 Å². The standard InChI is InChI=1S/C21H25N3O5/c1-4-29-17-11-9-15(10-12-17)20(25)23-19(14(2)3)21(26)22-13-16-7-5-6-8-18(16)24(27)28/h5-12,14,19H,4,13H2,1-3H3,(H,22,26)(H,23,25). The molecule has 2 aromatic rings. The minimum absolute atomic E-state index is 0.00185. The van der Waals surface area contributed by atoms with Crippen LogP contribution in [0.15, 0.2) is 48.5 Å². The molecule has 0 fully saturated rings. The second kappa shape index (κ2) is 10.2. The molecule has 0 aliphatic carbocycles. The third-order valence-electron chi connectivity index (χ3n) is 4.30. The molecule has 8 nitrogen and oxygen atoms in total. The van der Waals surface area contributed by atoms with Crippen LogP contribution in [-0.4, -0.2) is 29.4 Å². The molecule has 1 atom stereocenters. The summed E-state index contributed by atoms with van der Waals surface area (Å²) in [5.41, 5.74) is 0.740. The normalized spacial score (nSPS) is 11.6. The molecule has 2 amide bonds. The van der Waals surface area contributed by atoms with Gasteiger partial charge in [-0.3, -0.25) is 19.7 Å². The Bertz CT molecular complexity index is 865. The number of ether oxygens (including phenoxy) is 1. The largest absolute Gasteiger partial charge is 0.494 e. The third-order valence-corrected chi connectivity index (χ3v) is 4.30. The zero-order chi connectivity index (χ0) is 21.4. The van der Waals surface area contributed by atoms with Crippen LogP contribution in [0.4, 0.5) is 5.69 Å². The molecular weight excluding hydrogens is 374 g/mol. The highest BCUT2D eigenvalue weighted by molar-refractivity contribution is 5.97. The van der Waals surface area contributed by atoms with Crippen LogP contribution >= 0.6 is 0 Å². The fourth-order valence-electron chi connectivity index (χ4n) is 2.76. The van der Waals surface area contributed by atoms with Crippen LogP contribution in [0.3, 0.4) is 0 Å². The number of amides is 2. The number of benzene rings is 2. The molecule has 0 aromatic heterocycles. The van der Waals surface area contributed by atoms with Gasteiger partial charge in [-0.05, 0) is 37.1 Å². The highest BCUT2D eigenvalue weighted by atomic mass is 16.6. The first-order valence-corrected chi connectivity index (χ1v) is 9.37. The minimum Gasteiger partial charge on any atom is -0.494 e. The van der Waals surface area contributed by atoms with Gasteiger partial charge < -0.3 is 15.4 Å². The lowest BCUT2D eigenvalue weighted by atomic mass is 10.0. The molecule has 0 aliphatic heterocycles. The monoisotopic (exact) mass is 399 g/mol. The zero-order valence-electron chi connectivity index (χ0n) is 16.7. The van der Waals surface area contributed by atoms with Gasteiger partial charge >= 0.3 is 0 Å². The van der Waals surface area contributed by atoms with Gasteiger partial charge in [0.05, 0.1) is 11.5 Å². The van der Waals surface area contributed by atoms with E-state index in [0.29, 0.717) is 23.5 Å². The van der Waals surface area contributed by atoms with Crippen molar-refractivity contribution in [3.05, 3.63) is 69.8 Å². The number of nitro benzene ring substituents is 1. The van der Waals surface area contributed by atoms with Gasteiger partial charge in [-0.1, -0.05) is 32.0 Å². The molecule has 154 valence electrons. The molecule has 29 heavy (non-hydrogen) atoms. The number of carbonyl (C=O) groups excluding carboxylic acids is 2. The summed E-state index contributed by atoms with van der Waals surface area (Å²) < 4.78 is 5.35. The molecule has 0 radical (unpaired) electrons. The van der Waals surface area contributed by atoms with Crippen molar-refractivity contribution in [1.82, 2.24) is 10.6 Å². The van der Waals surface area contributed by atoms with Gasteiger partial charge in [-0.15, -0.1) is 0 Å². The second-order valence-electron chi connectivity index (χ2n) is 6.76. The van der Waals surface area contributed by atoms with Gasteiger partial charge in [-0.2, -0.15) is 0 Å². The molecule has 2 aromatic carbocycles. The summed E-state index contributed by atoms with van der Waals surface area (Å²) in [7, 11) is 0. The molecular formula is C21H25N3O5. The highest BCUT2D eigenvalue weighted by Gasteiger charge is 2.25. The van der Waals surface area contributed by atoms with E-state index in [0.717, 1.165) is 0 Å². The first kappa shape index (κ1) is 21.9. The Balaban J connectivity index is 2.04. The Labute approximate surface area is 169 Å². The molecule has 2 N–H and O–H groups in total. The molecule has 0 bridgehead atoms. The van der Waals surface area contributed by atoms with E-state index < -0.39 is 16.9 Å². The summed E-state index contributed by atoms with van der Waals surface area (Å²) in [6, 6.07) is 12.1. The number of rotatable bonds is 9. The number of nitrogens with zero attached hydrogens (tertiary/aromatic N) is 1. The maximum atomic E-state index is 12.6. The van der Waals surface area contributed by atoms with Crippen LogP contribution in [-0.2, 0) is 11.3 Å². The first-order valence-electron chi connectivity index (χ1n) is 9.37. The predicted molar refractivity (Wildman–Crippen MR) is 109 cm³/mol. The average Bonchev–Trinajstić information content (AvgIpc) is 2.70. The number of carbonyl (C=O) groups is 2. The van der Waals surface area contributed by atoms with Crippen LogP contribution in [0.25, 0.3) is 0 Å². The fourth-order valence-corrected chi connectivity index (χ4v) is 2.76. The van der Waals surface area contributed by atoms with Crippen LogP contribution in [0.5, 0.6) is 5.75 Å². The summed E-state index contributed by atoms with van der Waals surface area (Å²) in [6.07, 6.45) is 0. The Morgan fingerprint density at radius 1 is 1.10 bits per heavy atom. The second-order valence-corrected chi connectivity index (χ2v) is 6.76. The summed E-state index contributed by atoms with van der Waals surface area (Å²) in [5.74, 6) is -0.302. The van der Waals surface area contributed by atoms with E-state index >= 15 is 0 Å². The number of para-hydroxylation sites is 1. The first-order chi connectivity index (χ1) is 13.8. The Morgan fingerprint density at radius 3 is 2.34 bits per heavy atom. The lowest BCUT2D eigenvalue weighted by Gasteiger charge is -2.22. The van der Waals surface area contributed by atoms with Crippen molar-refractivity contribution in [2.24, 2.45) is 5.92 Å². The van der Waals surface area contributed by atoms with Crippen molar-refractivity contribution in [2.45, 2.75) is 33.4 Å². The third kappa shape index (κ3) is 6.03. The Morgan fingerprint density at radius 2 is 1.76 bits per heavy atom. The molecule has 0 aliphatic rings. The van der Waals surface area contributed by atoms with E-state index in [1.165, 1.54) is 6.07 Å². The van der Waals surface area contributed by atoms with Gasteiger partial charge in [-0.25, -0.2) is 0 Å². The molecule has 1 unspecified atom stereocenters. The SMILES string of the molecule is CCOc1ccc(C(=O)NC(C(=O)NCc2ccccc2[N+](=O)[O-])C(C)C)cc1. The molecule has 0 saturated heterocycles. The van der Waals surface area contributed by atoms with E-state index in [4.69, 9.17) is 4.74 Å². The number of hydrogen-bond acceptors (Lipinski definition) is 5.